The zero-order valence-electron chi connectivity index (χ0n) is 9.78. The van der Waals surface area contributed by atoms with Crippen molar-refractivity contribution in [3.05, 3.63) is 28.8 Å². The quantitative estimate of drug-likeness (QED) is 0.806. The molecule has 1 unspecified atom stereocenters. The molecule has 1 aromatic rings. The topological polar surface area (TPSA) is 72.5 Å². The number of carboxylic acid groups (broad SMARTS) is 1. The molecule has 0 aromatic heterocycles. The van der Waals surface area contributed by atoms with Crippen molar-refractivity contribution in [3.63, 3.8) is 0 Å². The van der Waals surface area contributed by atoms with Crippen LogP contribution in [-0.2, 0) is 11.2 Å². The highest BCUT2D eigenvalue weighted by Gasteiger charge is 2.17. The Bertz CT molecular complexity index is 401. The second kappa shape index (κ2) is 4.99. The number of rotatable bonds is 4. The summed E-state index contributed by atoms with van der Waals surface area (Å²) in [6, 6.07) is 2.89. The van der Waals surface area contributed by atoms with Gasteiger partial charge in [-0.2, -0.15) is 0 Å². The fourth-order valence-corrected chi connectivity index (χ4v) is 1.60. The molecule has 1 aromatic carbocycles. The molecule has 0 aliphatic heterocycles. The number of aliphatic carboxylic acids is 1. The molecule has 0 aliphatic carbocycles. The maximum Gasteiger partial charge on any atom is 0.320 e. The number of hydrogen-bond acceptors (Lipinski definition) is 3. The minimum Gasteiger partial charge on any atom is -0.496 e. The highest BCUT2D eigenvalue weighted by molar-refractivity contribution is 5.73. The Labute approximate surface area is 95.0 Å². The van der Waals surface area contributed by atoms with Gasteiger partial charge in [0.2, 0.25) is 0 Å². The predicted octanol–water partition coefficient (Wildman–Crippen LogP) is 1.27. The normalized spacial score (nSPS) is 12.2. The number of ether oxygens (including phenoxy) is 1. The summed E-state index contributed by atoms with van der Waals surface area (Å²) < 4.78 is 5.21. The largest absolute Gasteiger partial charge is 0.496 e. The summed E-state index contributed by atoms with van der Waals surface area (Å²) in [5.41, 5.74) is 8.55. The van der Waals surface area contributed by atoms with Crippen LogP contribution in [0.5, 0.6) is 5.75 Å². The van der Waals surface area contributed by atoms with Gasteiger partial charge >= 0.3 is 5.97 Å². The van der Waals surface area contributed by atoms with E-state index in [0.717, 1.165) is 16.7 Å². The van der Waals surface area contributed by atoms with E-state index in [0.29, 0.717) is 5.75 Å². The molecule has 0 amide bonds. The molecule has 4 heteroatoms. The molecule has 0 heterocycles. The van der Waals surface area contributed by atoms with Crippen molar-refractivity contribution >= 4 is 5.97 Å². The van der Waals surface area contributed by atoms with E-state index in [1.807, 2.05) is 26.0 Å². The van der Waals surface area contributed by atoms with Crippen LogP contribution in [0, 0.1) is 13.8 Å². The van der Waals surface area contributed by atoms with Gasteiger partial charge in [-0.15, -0.1) is 0 Å². The van der Waals surface area contributed by atoms with Gasteiger partial charge in [-0.25, -0.2) is 0 Å². The second-order valence-corrected chi connectivity index (χ2v) is 3.84. The molecule has 0 radical (unpaired) electrons. The lowest BCUT2D eigenvalue weighted by molar-refractivity contribution is -0.138. The summed E-state index contributed by atoms with van der Waals surface area (Å²) in [5, 5.41) is 8.80. The Morgan fingerprint density at radius 1 is 1.50 bits per heavy atom. The van der Waals surface area contributed by atoms with Gasteiger partial charge in [0.15, 0.2) is 0 Å². The van der Waals surface area contributed by atoms with Crippen molar-refractivity contribution in [2.24, 2.45) is 5.73 Å². The lowest BCUT2D eigenvalue weighted by atomic mass is 9.97. The van der Waals surface area contributed by atoms with E-state index in [2.05, 4.69) is 0 Å². The van der Waals surface area contributed by atoms with Crippen LogP contribution in [0.2, 0.25) is 0 Å². The molecule has 0 bridgehead atoms. The predicted molar refractivity (Wildman–Crippen MR) is 61.8 cm³/mol. The molecule has 0 saturated heterocycles. The van der Waals surface area contributed by atoms with Crippen LogP contribution in [0.3, 0.4) is 0 Å². The van der Waals surface area contributed by atoms with E-state index in [9.17, 15) is 4.79 Å². The average Bonchev–Trinajstić information content (AvgIpc) is 2.25. The standard InChI is InChI=1S/C12H17NO3/c1-7-4-5-11(16-3)9(8(7)2)6-10(13)12(14)15/h4-5,10H,6,13H2,1-3H3,(H,14,15). The number of benzene rings is 1. The Balaban J connectivity index is 3.10. The highest BCUT2D eigenvalue weighted by atomic mass is 16.5. The molecule has 0 aliphatic rings. The molecule has 88 valence electrons. The molecular formula is C12H17NO3. The molecule has 1 atom stereocenters. The summed E-state index contributed by atoms with van der Waals surface area (Å²) >= 11 is 0. The number of hydrogen-bond donors (Lipinski definition) is 2. The van der Waals surface area contributed by atoms with Gasteiger partial charge in [-0.1, -0.05) is 6.07 Å². The molecule has 1 rings (SSSR count). The van der Waals surface area contributed by atoms with Crippen molar-refractivity contribution in [3.8, 4) is 5.75 Å². The van der Waals surface area contributed by atoms with Gasteiger partial charge in [-0.05, 0) is 36.6 Å². The first kappa shape index (κ1) is 12.5. The molecular weight excluding hydrogens is 206 g/mol. The molecule has 0 saturated carbocycles. The molecule has 16 heavy (non-hydrogen) atoms. The molecule has 0 spiro atoms. The Kier molecular flexibility index (Phi) is 3.90. The number of nitrogens with two attached hydrogens (primary N) is 1. The number of carboxylic acids is 1. The van der Waals surface area contributed by atoms with Crippen LogP contribution in [0.25, 0.3) is 0 Å². The van der Waals surface area contributed by atoms with Crippen LogP contribution < -0.4 is 10.5 Å². The van der Waals surface area contributed by atoms with Crippen LogP contribution in [0.1, 0.15) is 16.7 Å². The van der Waals surface area contributed by atoms with Gasteiger partial charge in [0, 0.05) is 6.42 Å². The first-order valence-electron chi connectivity index (χ1n) is 5.08. The van der Waals surface area contributed by atoms with E-state index in [1.165, 1.54) is 0 Å². The number of methoxy groups -OCH3 is 1. The van der Waals surface area contributed by atoms with E-state index in [1.54, 1.807) is 7.11 Å². The van der Waals surface area contributed by atoms with Crippen LogP contribution in [0.4, 0.5) is 0 Å². The van der Waals surface area contributed by atoms with E-state index >= 15 is 0 Å². The SMILES string of the molecule is COc1ccc(C)c(C)c1CC(N)C(=O)O. The average molecular weight is 223 g/mol. The van der Waals surface area contributed by atoms with Crippen LogP contribution in [-0.4, -0.2) is 24.2 Å². The van der Waals surface area contributed by atoms with Gasteiger partial charge in [0.1, 0.15) is 11.8 Å². The zero-order valence-corrected chi connectivity index (χ0v) is 9.78. The minimum absolute atomic E-state index is 0.284. The lowest BCUT2D eigenvalue weighted by Gasteiger charge is -2.15. The van der Waals surface area contributed by atoms with Gasteiger partial charge < -0.3 is 15.6 Å². The third-order valence-electron chi connectivity index (χ3n) is 2.79. The van der Waals surface area contributed by atoms with Crippen molar-refractivity contribution < 1.29 is 14.6 Å². The van der Waals surface area contributed by atoms with Crippen molar-refractivity contribution in [1.82, 2.24) is 0 Å². The van der Waals surface area contributed by atoms with Crippen molar-refractivity contribution in [2.45, 2.75) is 26.3 Å². The van der Waals surface area contributed by atoms with Crippen LogP contribution in [0.15, 0.2) is 12.1 Å². The summed E-state index contributed by atoms with van der Waals surface area (Å²) in [6.07, 6.45) is 0.284. The highest BCUT2D eigenvalue weighted by Crippen LogP contribution is 2.25. The van der Waals surface area contributed by atoms with E-state index < -0.39 is 12.0 Å². The minimum atomic E-state index is -0.997. The Morgan fingerprint density at radius 3 is 2.62 bits per heavy atom. The second-order valence-electron chi connectivity index (χ2n) is 3.84. The monoisotopic (exact) mass is 223 g/mol. The van der Waals surface area contributed by atoms with E-state index in [-0.39, 0.29) is 6.42 Å². The van der Waals surface area contributed by atoms with Gasteiger partial charge in [-0.3, -0.25) is 4.79 Å². The van der Waals surface area contributed by atoms with Gasteiger partial charge in [0.05, 0.1) is 7.11 Å². The Hall–Kier alpha value is -1.55. The fourth-order valence-electron chi connectivity index (χ4n) is 1.60. The third-order valence-corrected chi connectivity index (χ3v) is 2.79. The maximum absolute atomic E-state index is 10.7. The molecule has 4 nitrogen and oxygen atoms in total. The summed E-state index contributed by atoms with van der Waals surface area (Å²) in [4.78, 5) is 10.7. The molecule has 0 fully saturated rings. The van der Waals surface area contributed by atoms with Gasteiger partial charge in [0.25, 0.3) is 0 Å². The maximum atomic E-state index is 10.7. The summed E-state index contributed by atoms with van der Waals surface area (Å²) in [5.74, 6) is -0.303. The van der Waals surface area contributed by atoms with Crippen molar-refractivity contribution in [1.29, 1.82) is 0 Å². The first-order chi connectivity index (χ1) is 7.47. The third kappa shape index (κ3) is 2.52. The number of aryl methyl sites for hydroxylation is 1. The first-order valence-corrected chi connectivity index (χ1v) is 5.08. The van der Waals surface area contributed by atoms with E-state index in [4.69, 9.17) is 15.6 Å². The fraction of sp³-hybridized carbons (Fsp3) is 0.417. The van der Waals surface area contributed by atoms with Crippen LogP contribution >= 0.6 is 0 Å². The number of carbonyl (C=O) groups is 1. The summed E-state index contributed by atoms with van der Waals surface area (Å²) in [7, 11) is 1.57. The zero-order chi connectivity index (χ0) is 12.3. The lowest BCUT2D eigenvalue weighted by Crippen LogP contribution is -2.32. The Morgan fingerprint density at radius 2 is 2.12 bits per heavy atom. The smallest absolute Gasteiger partial charge is 0.320 e. The van der Waals surface area contributed by atoms with Crippen molar-refractivity contribution in [2.75, 3.05) is 7.11 Å². The summed E-state index contributed by atoms with van der Waals surface area (Å²) in [6.45, 7) is 3.92. The molecule has 3 N–H and O–H groups in total.